The van der Waals surface area contributed by atoms with Crippen molar-refractivity contribution in [1.29, 1.82) is 5.26 Å². The molecule has 0 bridgehead atoms. The zero-order chi connectivity index (χ0) is 20.6. The molecule has 0 aliphatic heterocycles. The second-order valence-electron chi connectivity index (χ2n) is 6.11. The lowest BCUT2D eigenvalue weighted by Gasteiger charge is -2.16. The number of hydrogen-bond acceptors (Lipinski definition) is 1. The van der Waals surface area contributed by atoms with Crippen LogP contribution in [0.3, 0.4) is 0 Å². The van der Waals surface area contributed by atoms with Crippen molar-refractivity contribution in [2.24, 2.45) is 0 Å². The minimum atomic E-state index is 0.707. The second kappa shape index (κ2) is 9.78. The highest BCUT2D eigenvalue weighted by Gasteiger charge is 2.17. The maximum Gasteiger partial charge on any atom is 0.0992 e. The summed E-state index contributed by atoms with van der Waals surface area (Å²) in [6, 6.07) is 15.0. The standard InChI is InChI=1S/C22H12I5N/c1-3-14-17(23)8-13(9-18(14)24)15-4-5-16(22(27)21(15)26)20-11(2)6-12(10-28)7-19(20)25/h3-9H,1H2,2H3. The van der Waals surface area contributed by atoms with Crippen LogP contribution in [0.25, 0.3) is 28.3 Å². The van der Waals surface area contributed by atoms with Crippen molar-refractivity contribution in [2.75, 3.05) is 0 Å². The first-order chi connectivity index (χ1) is 13.3. The third kappa shape index (κ3) is 4.57. The summed E-state index contributed by atoms with van der Waals surface area (Å²) >= 11 is 12.0. The SMILES string of the molecule is C=Cc1c(I)cc(-c2ccc(-c3c(C)cc(C#N)cc3I)c(I)c2I)cc1I. The van der Waals surface area contributed by atoms with Gasteiger partial charge in [-0.05, 0) is 172 Å². The van der Waals surface area contributed by atoms with Crippen LogP contribution >= 0.6 is 113 Å². The molecular formula is C22H12I5N. The summed E-state index contributed by atoms with van der Waals surface area (Å²) < 4.78 is 6.01. The molecule has 0 atom stereocenters. The highest BCUT2D eigenvalue weighted by atomic mass is 127. The van der Waals surface area contributed by atoms with Crippen LogP contribution in [0, 0.1) is 36.1 Å². The molecule has 0 fully saturated rings. The van der Waals surface area contributed by atoms with Gasteiger partial charge in [0.25, 0.3) is 0 Å². The molecule has 0 N–H and O–H groups in total. The average molecular weight is 925 g/mol. The molecule has 6 heteroatoms. The second-order valence-corrected chi connectivity index (χ2v) is 11.8. The maximum atomic E-state index is 9.23. The highest BCUT2D eigenvalue weighted by molar-refractivity contribution is 14.1. The van der Waals surface area contributed by atoms with Crippen LogP contribution in [0.4, 0.5) is 0 Å². The molecule has 3 rings (SSSR count). The molecule has 1 nitrogen and oxygen atoms in total. The maximum absolute atomic E-state index is 9.23. The van der Waals surface area contributed by atoms with E-state index in [0.717, 1.165) is 9.13 Å². The number of benzene rings is 3. The third-order valence-electron chi connectivity index (χ3n) is 4.36. The van der Waals surface area contributed by atoms with Crippen molar-refractivity contribution in [2.45, 2.75) is 6.92 Å². The van der Waals surface area contributed by atoms with Crippen LogP contribution in [-0.4, -0.2) is 0 Å². The van der Waals surface area contributed by atoms with Crippen molar-refractivity contribution in [3.8, 4) is 28.3 Å². The van der Waals surface area contributed by atoms with Crippen molar-refractivity contribution < 1.29 is 0 Å². The molecule has 0 saturated heterocycles. The van der Waals surface area contributed by atoms with Crippen LogP contribution in [-0.2, 0) is 0 Å². The highest BCUT2D eigenvalue weighted by Crippen LogP contribution is 2.39. The van der Waals surface area contributed by atoms with Gasteiger partial charge in [-0.3, -0.25) is 0 Å². The first-order valence-electron chi connectivity index (χ1n) is 8.09. The number of rotatable bonds is 3. The minimum absolute atomic E-state index is 0.707. The van der Waals surface area contributed by atoms with E-state index in [-0.39, 0.29) is 0 Å². The normalized spacial score (nSPS) is 10.6. The van der Waals surface area contributed by atoms with Gasteiger partial charge < -0.3 is 0 Å². The Hall–Kier alpha value is 0.540. The Morgan fingerprint density at radius 2 is 1.43 bits per heavy atom. The van der Waals surface area contributed by atoms with E-state index in [0.29, 0.717) is 5.56 Å². The molecular weight excluding hydrogens is 913 g/mol. The van der Waals surface area contributed by atoms with Gasteiger partial charge in [0, 0.05) is 23.4 Å². The van der Waals surface area contributed by atoms with E-state index in [2.05, 4.69) is 157 Å². The molecule has 140 valence electrons. The summed E-state index contributed by atoms with van der Waals surface area (Å²) in [7, 11) is 0. The van der Waals surface area contributed by atoms with Crippen molar-refractivity contribution >= 4 is 119 Å². The fourth-order valence-electron chi connectivity index (χ4n) is 3.05. The molecule has 3 aromatic rings. The number of nitrogens with zero attached hydrogens (tertiary/aromatic N) is 1. The number of hydrogen-bond donors (Lipinski definition) is 0. The summed E-state index contributed by atoms with van der Waals surface area (Å²) in [6.07, 6.45) is 1.92. The molecule has 28 heavy (non-hydrogen) atoms. The predicted octanol–water partition coefficient (Wildman–Crippen LogP) is 8.87. The Morgan fingerprint density at radius 3 is 1.96 bits per heavy atom. The van der Waals surface area contributed by atoms with Gasteiger partial charge in [0.15, 0.2) is 0 Å². The molecule has 0 amide bonds. The van der Waals surface area contributed by atoms with Crippen molar-refractivity contribution in [1.82, 2.24) is 0 Å². The Kier molecular flexibility index (Phi) is 8.10. The number of aryl methyl sites for hydroxylation is 1. The monoisotopic (exact) mass is 925 g/mol. The first-order valence-corrected chi connectivity index (χ1v) is 13.5. The average Bonchev–Trinajstić information content (AvgIpc) is 2.64. The molecule has 0 aliphatic rings. The lowest BCUT2D eigenvalue weighted by atomic mass is 9.96. The Morgan fingerprint density at radius 1 is 0.857 bits per heavy atom. The fourth-order valence-corrected chi connectivity index (χ4v) is 7.83. The molecule has 0 aromatic heterocycles. The lowest BCUT2D eigenvalue weighted by Crippen LogP contribution is -1.97. The predicted molar refractivity (Wildman–Crippen MR) is 160 cm³/mol. The van der Waals surface area contributed by atoms with Gasteiger partial charge in [-0.1, -0.05) is 24.8 Å². The Labute approximate surface area is 233 Å². The van der Waals surface area contributed by atoms with E-state index in [1.165, 1.54) is 42.1 Å². The van der Waals surface area contributed by atoms with Crippen LogP contribution in [0.2, 0.25) is 0 Å². The molecule has 0 spiro atoms. The summed E-state index contributed by atoms with van der Waals surface area (Å²) in [4.78, 5) is 0. The zero-order valence-electron chi connectivity index (χ0n) is 14.6. The molecule has 0 unspecified atom stereocenters. The molecule has 0 saturated carbocycles. The third-order valence-corrected chi connectivity index (χ3v) is 10.3. The van der Waals surface area contributed by atoms with E-state index >= 15 is 0 Å². The number of halogens is 5. The lowest BCUT2D eigenvalue weighted by molar-refractivity contribution is 1.38. The smallest absolute Gasteiger partial charge is 0.0992 e. The zero-order valence-corrected chi connectivity index (χ0v) is 25.4. The van der Waals surface area contributed by atoms with Crippen LogP contribution in [0.5, 0.6) is 0 Å². The van der Waals surface area contributed by atoms with Gasteiger partial charge in [-0.2, -0.15) is 5.26 Å². The summed E-state index contributed by atoms with van der Waals surface area (Å²) in [6.45, 7) is 6.00. The summed E-state index contributed by atoms with van der Waals surface area (Å²) in [5, 5.41) is 9.23. The van der Waals surface area contributed by atoms with E-state index in [4.69, 9.17) is 0 Å². The minimum Gasteiger partial charge on any atom is -0.192 e. The van der Waals surface area contributed by atoms with E-state index < -0.39 is 0 Å². The summed E-state index contributed by atoms with van der Waals surface area (Å²) in [5.41, 5.74) is 7.91. The molecule has 0 radical (unpaired) electrons. The Balaban J connectivity index is 2.19. The van der Waals surface area contributed by atoms with Gasteiger partial charge in [-0.15, -0.1) is 0 Å². The van der Waals surface area contributed by atoms with Gasteiger partial charge in [-0.25, -0.2) is 0 Å². The van der Waals surface area contributed by atoms with Gasteiger partial charge in [0.2, 0.25) is 0 Å². The first kappa shape index (κ1) is 23.2. The van der Waals surface area contributed by atoms with E-state index in [1.807, 2.05) is 18.2 Å². The van der Waals surface area contributed by atoms with Crippen LogP contribution < -0.4 is 0 Å². The van der Waals surface area contributed by atoms with Gasteiger partial charge in [0.1, 0.15) is 0 Å². The summed E-state index contributed by atoms with van der Waals surface area (Å²) in [5.74, 6) is 0. The van der Waals surface area contributed by atoms with Crippen LogP contribution in [0.1, 0.15) is 16.7 Å². The van der Waals surface area contributed by atoms with E-state index in [1.54, 1.807) is 0 Å². The quantitative estimate of drug-likeness (QED) is 0.241. The molecule has 0 aliphatic carbocycles. The topological polar surface area (TPSA) is 23.8 Å². The van der Waals surface area contributed by atoms with Crippen molar-refractivity contribution in [3.63, 3.8) is 0 Å². The number of nitriles is 1. The fraction of sp³-hybridized carbons (Fsp3) is 0.0455. The van der Waals surface area contributed by atoms with Crippen LogP contribution in [0.15, 0.2) is 43.0 Å². The van der Waals surface area contributed by atoms with Crippen molar-refractivity contribution in [3.05, 3.63) is 77.5 Å². The van der Waals surface area contributed by atoms with Gasteiger partial charge in [0.05, 0.1) is 11.6 Å². The molecule has 3 aromatic carbocycles. The largest absolute Gasteiger partial charge is 0.192 e. The van der Waals surface area contributed by atoms with E-state index in [9.17, 15) is 5.26 Å². The van der Waals surface area contributed by atoms with Gasteiger partial charge >= 0.3 is 0 Å². The molecule has 0 heterocycles. The Bertz CT molecular complexity index is 1110.